The molecule has 2 aromatic heterocycles. The van der Waals surface area contributed by atoms with Crippen LogP contribution in [0.1, 0.15) is 4.88 Å². The number of hydrogen-bond acceptors (Lipinski definition) is 6. The van der Waals surface area contributed by atoms with Crippen molar-refractivity contribution >= 4 is 32.9 Å². The first kappa shape index (κ1) is 15.3. The second-order valence-electron chi connectivity index (χ2n) is 4.97. The molecule has 6 nitrogen and oxygen atoms in total. The van der Waals surface area contributed by atoms with Gasteiger partial charge in [-0.1, -0.05) is 0 Å². The van der Waals surface area contributed by atoms with Crippen LogP contribution in [0.5, 0.6) is 0 Å². The summed E-state index contributed by atoms with van der Waals surface area (Å²) in [5.41, 5.74) is 0.971. The van der Waals surface area contributed by atoms with Crippen LogP contribution in [0.4, 0.5) is 11.5 Å². The van der Waals surface area contributed by atoms with Gasteiger partial charge in [0.1, 0.15) is 10.0 Å². The first-order valence-corrected chi connectivity index (χ1v) is 9.22. The summed E-state index contributed by atoms with van der Waals surface area (Å²) < 4.78 is 32.6. The number of aryl methyl sites for hydroxylation is 1. The predicted octanol–water partition coefficient (Wildman–Crippen LogP) is 2.09. The number of aromatic nitrogens is 1. The van der Waals surface area contributed by atoms with Gasteiger partial charge in [0.15, 0.2) is 0 Å². The molecule has 3 heterocycles. The number of ether oxygens (including phenoxy) is 1. The molecule has 1 aliphatic heterocycles. The molecule has 0 amide bonds. The molecule has 1 fully saturated rings. The number of hydrogen-bond donors (Lipinski definition) is 1. The zero-order valence-corrected chi connectivity index (χ0v) is 13.8. The predicted molar refractivity (Wildman–Crippen MR) is 87.1 cm³/mol. The fraction of sp³-hybridized carbons (Fsp3) is 0.357. The lowest BCUT2D eigenvalue weighted by Gasteiger charge is -2.28. The zero-order valence-electron chi connectivity index (χ0n) is 12.2. The summed E-state index contributed by atoms with van der Waals surface area (Å²) in [4.78, 5) is 7.32. The molecule has 118 valence electrons. The Labute approximate surface area is 133 Å². The number of nitrogens with one attached hydrogen (secondary N) is 1. The van der Waals surface area contributed by atoms with E-state index in [1.165, 1.54) is 11.3 Å². The Balaban J connectivity index is 1.73. The second kappa shape index (κ2) is 6.23. The molecule has 0 spiro atoms. The van der Waals surface area contributed by atoms with E-state index >= 15 is 0 Å². The lowest BCUT2D eigenvalue weighted by Crippen LogP contribution is -2.36. The summed E-state index contributed by atoms with van der Waals surface area (Å²) in [6.07, 6.45) is 1.68. The van der Waals surface area contributed by atoms with Gasteiger partial charge in [-0.05, 0) is 31.2 Å². The first-order valence-electron chi connectivity index (χ1n) is 6.93. The van der Waals surface area contributed by atoms with Crippen LogP contribution in [0, 0.1) is 6.92 Å². The third-order valence-corrected chi connectivity index (χ3v) is 6.19. The highest BCUT2D eigenvalue weighted by molar-refractivity contribution is 7.94. The number of anilines is 2. The molecular weight excluding hydrogens is 322 g/mol. The Kier molecular flexibility index (Phi) is 4.32. The number of pyridine rings is 1. The van der Waals surface area contributed by atoms with Gasteiger partial charge in [0.05, 0.1) is 25.1 Å². The number of rotatable bonds is 4. The molecule has 22 heavy (non-hydrogen) atoms. The molecule has 0 aromatic carbocycles. The number of sulfonamides is 1. The average Bonchev–Trinajstić information content (AvgIpc) is 2.96. The Bertz CT molecular complexity index is 735. The maximum atomic E-state index is 12.2. The van der Waals surface area contributed by atoms with E-state index in [0.29, 0.717) is 23.2 Å². The van der Waals surface area contributed by atoms with Crippen molar-refractivity contribution < 1.29 is 13.2 Å². The molecule has 0 bridgehead atoms. The molecule has 0 aliphatic carbocycles. The van der Waals surface area contributed by atoms with Gasteiger partial charge in [0.2, 0.25) is 0 Å². The van der Waals surface area contributed by atoms with Crippen LogP contribution in [-0.4, -0.2) is 39.7 Å². The van der Waals surface area contributed by atoms with Gasteiger partial charge < -0.3 is 9.64 Å². The van der Waals surface area contributed by atoms with Crippen LogP contribution < -0.4 is 9.62 Å². The fourth-order valence-corrected chi connectivity index (χ4v) is 4.49. The molecule has 0 atom stereocenters. The zero-order chi connectivity index (χ0) is 15.6. The normalized spacial score (nSPS) is 15.8. The van der Waals surface area contributed by atoms with Crippen LogP contribution >= 0.6 is 11.3 Å². The molecule has 1 aliphatic rings. The molecule has 8 heteroatoms. The number of thiophene rings is 1. The molecular formula is C14H17N3O3S2. The number of nitrogens with zero attached hydrogens (tertiary/aromatic N) is 2. The van der Waals surface area contributed by atoms with Gasteiger partial charge in [0.25, 0.3) is 10.0 Å². The van der Waals surface area contributed by atoms with Gasteiger partial charge in [0, 0.05) is 18.0 Å². The van der Waals surface area contributed by atoms with E-state index in [4.69, 9.17) is 4.74 Å². The van der Waals surface area contributed by atoms with Crippen molar-refractivity contribution in [3.63, 3.8) is 0 Å². The lowest BCUT2D eigenvalue weighted by atomic mass is 10.3. The monoisotopic (exact) mass is 339 g/mol. The third kappa shape index (κ3) is 3.40. The van der Waals surface area contributed by atoms with E-state index in [1.807, 2.05) is 13.0 Å². The number of morpholine rings is 1. The van der Waals surface area contributed by atoms with E-state index in [9.17, 15) is 8.42 Å². The molecule has 2 aromatic rings. The van der Waals surface area contributed by atoms with E-state index < -0.39 is 10.0 Å². The summed E-state index contributed by atoms with van der Waals surface area (Å²) in [5.74, 6) is 0.322. The SMILES string of the molecule is Cc1ccc(S(=O)(=O)Nc2ccc(N3CCOCC3)cn2)s1. The van der Waals surface area contributed by atoms with Gasteiger partial charge in [-0.25, -0.2) is 13.4 Å². The van der Waals surface area contributed by atoms with Crippen LogP contribution in [-0.2, 0) is 14.8 Å². The Morgan fingerprint density at radius 1 is 1.23 bits per heavy atom. The van der Waals surface area contributed by atoms with Gasteiger partial charge in [-0.15, -0.1) is 11.3 Å². The largest absolute Gasteiger partial charge is 0.378 e. The highest BCUT2D eigenvalue weighted by Gasteiger charge is 2.17. The van der Waals surface area contributed by atoms with Crippen molar-refractivity contribution in [2.45, 2.75) is 11.1 Å². The standard InChI is InChI=1S/C14H17N3O3S2/c1-11-2-5-14(21-11)22(18,19)16-13-4-3-12(10-15-13)17-6-8-20-9-7-17/h2-5,10H,6-9H2,1H3,(H,15,16). The molecule has 3 rings (SSSR count). The van der Waals surface area contributed by atoms with Crippen LogP contribution in [0.25, 0.3) is 0 Å². The summed E-state index contributed by atoms with van der Waals surface area (Å²) in [6.45, 7) is 4.92. The molecule has 1 saturated heterocycles. The van der Waals surface area contributed by atoms with Gasteiger partial charge in [-0.3, -0.25) is 4.72 Å². The van der Waals surface area contributed by atoms with Crippen molar-refractivity contribution in [3.05, 3.63) is 35.3 Å². The van der Waals surface area contributed by atoms with E-state index in [2.05, 4.69) is 14.6 Å². The van der Waals surface area contributed by atoms with Crippen molar-refractivity contribution in [2.75, 3.05) is 35.9 Å². The van der Waals surface area contributed by atoms with Crippen LogP contribution in [0.2, 0.25) is 0 Å². The maximum Gasteiger partial charge on any atom is 0.272 e. The average molecular weight is 339 g/mol. The minimum atomic E-state index is -3.56. The van der Waals surface area contributed by atoms with Crippen molar-refractivity contribution in [3.8, 4) is 0 Å². The fourth-order valence-electron chi connectivity index (χ4n) is 2.20. The summed E-state index contributed by atoms with van der Waals surface area (Å²) >= 11 is 1.24. The van der Waals surface area contributed by atoms with E-state index in [-0.39, 0.29) is 0 Å². The summed E-state index contributed by atoms with van der Waals surface area (Å²) in [7, 11) is -3.56. The van der Waals surface area contributed by atoms with Crippen molar-refractivity contribution in [1.29, 1.82) is 0 Å². The minimum Gasteiger partial charge on any atom is -0.378 e. The Morgan fingerprint density at radius 2 is 2.00 bits per heavy atom. The first-order chi connectivity index (χ1) is 10.5. The molecule has 0 saturated carbocycles. The molecule has 0 unspecified atom stereocenters. The second-order valence-corrected chi connectivity index (χ2v) is 8.17. The maximum absolute atomic E-state index is 12.2. The quantitative estimate of drug-likeness (QED) is 0.923. The van der Waals surface area contributed by atoms with E-state index in [1.54, 1.807) is 24.4 Å². The lowest BCUT2D eigenvalue weighted by molar-refractivity contribution is 0.122. The highest BCUT2D eigenvalue weighted by Crippen LogP contribution is 2.23. The Hall–Kier alpha value is -1.64. The van der Waals surface area contributed by atoms with Gasteiger partial charge in [-0.2, -0.15) is 0 Å². The van der Waals surface area contributed by atoms with Crippen molar-refractivity contribution in [1.82, 2.24) is 4.98 Å². The summed E-state index contributed by atoms with van der Waals surface area (Å²) in [5, 5.41) is 0. The molecule has 1 N–H and O–H groups in total. The van der Waals surface area contributed by atoms with Crippen LogP contribution in [0.15, 0.2) is 34.7 Å². The Morgan fingerprint density at radius 3 is 2.59 bits per heavy atom. The van der Waals surface area contributed by atoms with Crippen molar-refractivity contribution in [2.24, 2.45) is 0 Å². The minimum absolute atomic E-state index is 0.295. The molecule has 0 radical (unpaired) electrons. The van der Waals surface area contributed by atoms with Crippen LogP contribution in [0.3, 0.4) is 0 Å². The topological polar surface area (TPSA) is 71.5 Å². The smallest absolute Gasteiger partial charge is 0.272 e. The highest BCUT2D eigenvalue weighted by atomic mass is 32.2. The third-order valence-electron chi connectivity index (χ3n) is 3.34. The van der Waals surface area contributed by atoms with Gasteiger partial charge >= 0.3 is 0 Å². The van der Waals surface area contributed by atoms with E-state index in [0.717, 1.165) is 23.7 Å². The summed E-state index contributed by atoms with van der Waals surface area (Å²) in [6, 6.07) is 6.94.